The van der Waals surface area contributed by atoms with Crippen LogP contribution in [0.2, 0.25) is 0 Å². The molecule has 3 N–H and O–H groups in total. The van der Waals surface area contributed by atoms with E-state index in [9.17, 15) is 9.18 Å². The summed E-state index contributed by atoms with van der Waals surface area (Å²) in [6, 6.07) is 4.33. The molecular formula is C12H11FN4O3. The smallest absolute Gasteiger partial charge is 0.295 e. The number of fused-ring (bicyclic) bond motifs is 1. The van der Waals surface area contributed by atoms with Crippen LogP contribution in [-0.4, -0.2) is 29.3 Å². The van der Waals surface area contributed by atoms with E-state index < -0.39 is 5.91 Å². The maximum atomic E-state index is 13.0. The second kappa shape index (κ2) is 4.80. The van der Waals surface area contributed by atoms with Crippen molar-refractivity contribution < 1.29 is 18.4 Å². The lowest BCUT2D eigenvalue weighted by molar-refractivity contribution is -0.112. The van der Waals surface area contributed by atoms with Gasteiger partial charge in [-0.25, -0.2) is 4.39 Å². The molecule has 0 fully saturated rings. The second-order valence-corrected chi connectivity index (χ2v) is 4.35. The lowest BCUT2D eigenvalue weighted by Gasteiger charge is -2.07. The van der Waals surface area contributed by atoms with Crippen LogP contribution in [0.1, 0.15) is 6.42 Å². The molecule has 2 heterocycles. The Labute approximate surface area is 112 Å². The normalized spacial score (nSPS) is 17.9. The van der Waals surface area contributed by atoms with Gasteiger partial charge in [0.1, 0.15) is 17.0 Å². The Morgan fingerprint density at radius 1 is 1.55 bits per heavy atom. The maximum Gasteiger partial charge on any atom is 0.295 e. The third-order valence-electron chi connectivity index (χ3n) is 2.85. The lowest BCUT2D eigenvalue weighted by atomic mass is 10.2. The first-order valence-corrected chi connectivity index (χ1v) is 5.94. The number of carbonyl (C=O) groups excluding carboxylic acids is 1. The van der Waals surface area contributed by atoms with Gasteiger partial charge in [0, 0.05) is 12.5 Å². The van der Waals surface area contributed by atoms with Gasteiger partial charge in [0.05, 0.1) is 6.54 Å². The number of halogens is 1. The highest BCUT2D eigenvalue weighted by atomic mass is 19.1. The molecule has 7 nitrogen and oxygen atoms in total. The van der Waals surface area contributed by atoms with Crippen molar-refractivity contribution in [2.45, 2.75) is 12.5 Å². The molecule has 1 aliphatic heterocycles. The molecule has 20 heavy (non-hydrogen) atoms. The fourth-order valence-corrected chi connectivity index (χ4v) is 1.86. The number of nitrogens with zero attached hydrogens (tertiary/aromatic N) is 2. The zero-order valence-corrected chi connectivity index (χ0v) is 10.3. The highest BCUT2D eigenvalue weighted by Crippen LogP contribution is 2.20. The van der Waals surface area contributed by atoms with Gasteiger partial charge in [0.2, 0.25) is 0 Å². The van der Waals surface area contributed by atoms with E-state index in [2.05, 4.69) is 15.5 Å². The number of nitrogens with two attached hydrogens (primary N) is 1. The molecule has 104 valence electrons. The number of carbonyl (C=O) groups is 1. The van der Waals surface area contributed by atoms with Crippen LogP contribution < -0.4 is 11.1 Å². The van der Waals surface area contributed by atoms with Crippen molar-refractivity contribution in [1.82, 2.24) is 4.98 Å². The minimum absolute atomic E-state index is 0.205. The second-order valence-electron chi connectivity index (χ2n) is 4.35. The van der Waals surface area contributed by atoms with Crippen molar-refractivity contribution in [3.05, 3.63) is 24.0 Å². The Bertz CT molecular complexity index is 697. The molecular weight excluding hydrogens is 267 g/mol. The SMILES string of the molecule is NC(=O)C1=NOC(CNc2nc3cc(F)ccc3o2)C1. The minimum atomic E-state index is -0.593. The largest absolute Gasteiger partial charge is 0.424 e. The van der Waals surface area contributed by atoms with Crippen molar-refractivity contribution >= 4 is 28.7 Å². The van der Waals surface area contributed by atoms with Gasteiger partial charge in [0.15, 0.2) is 11.7 Å². The van der Waals surface area contributed by atoms with Crippen molar-refractivity contribution in [3.63, 3.8) is 0 Å². The van der Waals surface area contributed by atoms with E-state index in [-0.39, 0.29) is 23.6 Å². The Kier molecular flexibility index (Phi) is 2.97. The van der Waals surface area contributed by atoms with Crippen LogP contribution in [-0.2, 0) is 9.63 Å². The van der Waals surface area contributed by atoms with Crippen LogP contribution in [0.4, 0.5) is 10.4 Å². The molecule has 8 heteroatoms. The summed E-state index contributed by atoms with van der Waals surface area (Å²) >= 11 is 0. The Balaban J connectivity index is 1.62. The van der Waals surface area contributed by atoms with Gasteiger partial charge in [-0.3, -0.25) is 4.79 Å². The van der Waals surface area contributed by atoms with Crippen molar-refractivity contribution in [2.24, 2.45) is 10.9 Å². The van der Waals surface area contributed by atoms with Crippen LogP contribution in [0.5, 0.6) is 0 Å². The molecule has 0 bridgehead atoms. The van der Waals surface area contributed by atoms with Crippen LogP contribution in [0, 0.1) is 5.82 Å². The summed E-state index contributed by atoms with van der Waals surface area (Å²) in [6.07, 6.45) is 0.0150. The summed E-state index contributed by atoms with van der Waals surface area (Å²) < 4.78 is 18.4. The predicted octanol–water partition coefficient (Wildman–Crippen LogP) is 1.01. The molecule has 2 aromatic rings. The zero-order valence-electron chi connectivity index (χ0n) is 10.3. The summed E-state index contributed by atoms with van der Waals surface area (Å²) in [5.41, 5.74) is 6.21. The molecule has 0 radical (unpaired) electrons. The maximum absolute atomic E-state index is 13.0. The third-order valence-corrected chi connectivity index (χ3v) is 2.85. The van der Waals surface area contributed by atoms with E-state index in [0.29, 0.717) is 24.1 Å². The van der Waals surface area contributed by atoms with Crippen LogP contribution in [0.25, 0.3) is 11.1 Å². The summed E-state index contributed by atoms with van der Waals surface area (Å²) in [4.78, 5) is 20.0. The van der Waals surface area contributed by atoms with E-state index in [1.165, 1.54) is 18.2 Å². The molecule has 0 spiro atoms. The number of anilines is 1. The number of benzene rings is 1. The van der Waals surface area contributed by atoms with Crippen LogP contribution >= 0.6 is 0 Å². The molecule has 1 unspecified atom stereocenters. The standard InChI is InChI=1S/C12H11FN4O3/c13-6-1-2-10-8(3-6)16-12(19-10)15-5-7-4-9(11(14)18)17-20-7/h1-3,7H,4-5H2,(H2,14,18)(H,15,16). The number of hydrogen-bond acceptors (Lipinski definition) is 6. The Morgan fingerprint density at radius 2 is 2.40 bits per heavy atom. The molecule has 3 rings (SSSR count). The summed E-state index contributed by atoms with van der Waals surface area (Å²) in [5.74, 6) is -0.971. The lowest BCUT2D eigenvalue weighted by Crippen LogP contribution is -2.26. The zero-order chi connectivity index (χ0) is 14.1. The average molecular weight is 278 g/mol. The monoisotopic (exact) mass is 278 g/mol. The van der Waals surface area contributed by atoms with Crippen LogP contribution in [0.15, 0.2) is 27.8 Å². The van der Waals surface area contributed by atoms with Gasteiger partial charge in [-0.2, -0.15) is 4.98 Å². The number of primary amides is 1. The minimum Gasteiger partial charge on any atom is -0.424 e. The van der Waals surface area contributed by atoms with Gasteiger partial charge >= 0.3 is 0 Å². The number of hydrogen-bond donors (Lipinski definition) is 2. The highest BCUT2D eigenvalue weighted by molar-refractivity contribution is 6.38. The van der Waals surface area contributed by atoms with E-state index in [0.717, 1.165) is 0 Å². The van der Waals surface area contributed by atoms with E-state index in [1.54, 1.807) is 0 Å². The van der Waals surface area contributed by atoms with E-state index >= 15 is 0 Å². The number of oxime groups is 1. The molecule has 0 aliphatic carbocycles. The molecule has 1 aliphatic rings. The van der Waals surface area contributed by atoms with Gasteiger partial charge in [-0.15, -0.1) is 0 Å². The topological polar surface area (TPSA) is 103 Å². The fraction of sp³-hybridized carbons (Fsp3) is 0.250. The molecule has 0 saturated heterocycles. The average Bonchev–Trinajstić information content (AvgIpc) is 3.01. The summed E-state index contributed by atoms with van der Waals surface area (Å²) in [6.45, 7) is 0.343. The summed E-state index contributed by atoms with van der Waals surface area (Å²) in [7, 11) is 0. The van der Waals surface area contributed by atoms with Crippen LogP contribution in [0.3, 0.4) is 0 Å². The molecule has 1 amide bonds. The van der Waals surface area contributed by atoms with Crippen molar-refractivity contribution in [2.75, 3.05) is 11.9 Å². The van der Waals surface area contributed by atoms with Gasteiger partial charge in [0.25, 0.3) is 11.9 Å². The molecule has 1 atom stereocenters. The first-order valence-electron chi connectivity index (χ1n) is 5.94. The van der Waals surface area contributed by atoms with E-state index in [1.807, 2.05) is 0 Å². The predicted molar refractivity (Wildman–Crippen MR) is 68.6 cm³/mol. The number of nitrogens with one attached hydrogen (secondary N) is 1. The number of oxazole rings is 1. The molecule has 0 saturated carbocycles. The van der Waals surface area contributed by atoms with Crippen molar-refractivity contribution in [1.29, 1.82) is 0 Å². The highest BCUT2D eigenvalue weighted by Gasteiger charge is 2.24. The number of amides is 1. The van der Waals surface area contributed by atoms with Gasteiger partial charge < -0.3 is 20.3 Å². The number of rotatable bonds is 4. The van der Waals surface area contributed by atoms with E-state index in [4.69, 9.17) is 15.0 Å². The molecule has 1 aromatic heterocycles. The third kappa shape index (κ3) is 2.40. The summed E-state index contributed by atoms with van der Waals surface area (Å²) in [5, 5.41) is 6.49. The van der Waals surface area contributed by atoms with Gasteiger partial charge in [-0.1, -0.05) is 5.16 Å². The fourth-order valence-electron chi connectivity index (χ4n) is 1.86. The van der Waals surface area contributed by atoms with Gasteiger partial charge in [-0.05, 0) is 12.1 Å². The Hall–Kier alpha value is -2.64. The Morgan fingerprint density at radius 3 is 3.15 bits per heavy atom. The molecule has 1 aromatic carbocycles. The quantitative estimate of drug-likeness (QED) is 0.868. The number of aromatic nitrogens is 1. The van der Waals surface area contributed by atoms with Crippen molar-refractivity contribution in [3.8, 4) is 0 Å². The first-order chi connectivity index (χ1) is 9.61. The first kappa shape index (κ1) is 12.4.